The number of hydrogen-bond donors (Lipinski definition) is 2. The van der Waals surface area contributed by atoms with Crippen LogP contribution in [0.2, 0.25) is 0 Å². The Morgan fingerprint density at radius 2 is 1.40 bits per heavy atom. The molecular weight excluding hydrogens is 188 g/mol. The molecule has 3 heteroatoms. The van der Waals surface area contributed by atoms with Crippen LogP contribution in [0.25, 0.3) is 0 Å². The summed E-state index contributed by atoms with van der Waals surface area (Å²) in [5.41, 5.74) is 11.8. The molecule has 4 N–H and O–H groups in total. The lowest BCUT2D eigenvalue weighted by molar-refractivity contribution is 0.0290. The first-order chi connectivity index (χ1) is 7.15. The molecule has 90 valence electrons. The Morgan fingerprint density at radius 3 is 1.73 bits per heavy atom. The average Bonchev–Trinajstić information content (AvgIpc) is 2.65. The summed E-state index contributed by atoms with van der Waals surface area (Å²) in [6.07, 6.45) is 7.19. The predicted molar refractivity (Wildman–Crippen MR) is 63.7 cm³/mol. The lowest BCUT2D eigenvalue weighted by Gasteiger charge is -2.18. The van der Waals surface area contributed by atoms with Crippen LogP contribution in [0.4, 0.5) is 0 Å². The minimum atomic E-state index is 0.300. The van der Waals surface area contributed by atoms with Crippen LogP contribution in [0.1, 0.15) is 52.4 Å². The van der Waals surface area contributed by atoms with Gasteiger partial charge in [-0.25, -0.2) is 0 Å². The molecule has 0 amide bonds. The van der Waals surface area contributed by atoms with Gasteiger partial charge < -0.3 is 16.2 Å². The standard InChI is InChI=1S/C12H26N2O/c1-3-9(13)7-11-5-6-12(15-11)8-10(14)4-2/h9-12H,3-8,13-14H2,1-2H3/t9?,10?,11-,12+. The molecule has 0 radical (unpaired) electrons. The van der Waals surface area contributed by atoms with Crippen molar-refractivity contribution in [2.75, 3.05) is 0 Å². The van der Waals surface area contributed by atoms with Crippen LogP contribution in [0, 0.1) is 0 Å². The van der Waals surface area contributed by atoms with Crippen LogP contribution < -0.4 is 11.5 Å². The average molecular weight is 214 g/mol. The van der Waals surface area contributed by atoms with Crippen molar-refractivity contribution in [1.82, 2.24) is 0 Å². The fraction of sp³-hybridized carbons (Fsp3) is 1.00. The van der Waals surface area contributed by atoms with E-state index in [2.05, 4.69) is 13.8 Å². The highest BCUT2D eigenvalue weighted by molar-refractivity contribution is 4.79. The van der Waals surface area contributed by atoms with E-state index in [9.17, 15) is 0 Å². The Hall–Kier alpha value is -0.120. The molecule has 0 spiro atoms. The molecule has 1 fully saturated rings. The first-order valence-corrected chi connectivity index (χ1v) is 6.32. The van der Waals surface area contributed by atoms with Gasteiger partial charge in [-0.3, -0.25) is 0 Å². The molecule has 0 aromatic carbocycles. The molecule has 0 bridgehead atoms. The summed E-state index contributed by atoms with van der Waals surface area (Å²) in [6, 6.07) is 0.599. The molecule has 1 heterocycles. The third-order valence-electron chi connectivity index (χ3n) is 3.38. The molecule has 1 saturated heterocycles. The second kappa shape index (κ2) is 6.46. The molecular formula is C12H26N2O. The lowest BCUT2D eigenvalue weighted by atomic mass is 10.0. The normalized spacial score (nSPS) is 30.4. The molecule has 3 nitrogen and oxygen atoms in total. The molecule has 0 aromatic rings. The maximum absolute atomic E-state index is 5.95. The number of ether oxygens (including phenoxy) is 1. The molecule has 1 aliphatic heterocycles. The van der Waals surface area contributed by atoms with E-state index in [4.69, 9.17) is 16.2 Å². The molecule has 1 rings (SSSR count). The van der Waals surface area contributed by atoms with Crippen molar-refractivity contribution < 1.29 is 4.74 Å². The minimum Gasteiger partial charge on any atom is -0.375 e. The lowest BCUT2D eigenvalue weighted by Crippen LogP contribution is -2.28. The summed E-state index contributed by atoms with van der Waals surface area (Å²) < 4.78 is 5.95. The van der Waals surface area contributed by atoms with Gasteiger partial charge in [0.05, 0.1) is 12.2 Å². The molecule has 15 heavy (non-hydrogen) atoms. The summed E-state index contributed by atoms with van der Waals surface area (Å²) in [6.45, 7) is 4.26. The van der Waals surface area contributed by atoms with Gasteiger partial charge >= 0.3 is 0 Å². The fourth-order valence-electron chi connectivity index (χ4n) is 2.14. The molecule has 0 saturated carbocycles. The van der Waals surface area contributed by atoms with Crippen LogP contribution in [-0.2, 0) is 4.74 Å². The van der Waals surface area contributed by atoms with Crippen LogP contribution in [0.15, 0.2) is 0 Å². The van der Waals surface area contributed by atoms with Crippen molar-refractivity contribution in [2.24, 2.45) is 11.5 Å². The van der Waals surface area contributed by atoms with Crippen LogP contribution >= 0.6 is 0 Å². The van der Waals surface area contributed by atoms with Gasteiger partial charge in [0.15, 0.2) is 0 Å². The maximum atomic E-state index is 5.95. The van der Waals surface area contributed by atoms with Crippen molar-refractivity contribution in [3.63, 3.8) is 0 Å². The Labute approximate surface area is 93.5 Å². The van der Waals surface area contributed by atoms with Gasteiger partial charge in [-0.1, -0.05) is 13.8 Å². The van der Waals surface area contributed by atoms with Gasteiger partial charge in [0, 0.05) is 12.1 Å². The van der Waals surface area contributed by atoms with E-state index < -0.39 is 0 Å². The zero-order valence-electron chi connectivity index (χ0n) is 10.1. The number of nitrogens with two attached hydrogens (primary N) is 2. The third-order valence-corrected chi connectivity index (χ3v) is 3.38. The largest absolute Gasteiger partial charge is 0.375 e. The van der Waals surface area contributed by atoms with Crippen LogP contribution in [-0.4, -0.2) is 24.3 Å². The molecule has 0 aliphatic carbocycles. The first kappa shape index (κ1) is 12.9. The summed E-state index contributed by atoms with van der Waals surface area (Å²) in [5, 5.41) is 0. The quantitative estimate of drug-likeness (QED) is 0.708. The summed E-state index contributed by atoms with van der Waals surface area (Å²) >= 11 is 0. The van der Waals surface area contributed by atoms with Crippen molar-refractivity contribution in [1.29, 1.82) is 0 Å². The summed E-state index contributed by atoms with van der Waals surface area (Å²) in [5.74, 6) is 0. The molecule has 2 unspecified atom stereocenters. The minimum absolute atomic E-state index is 0.300. The van der Waals surface area contributed by atoms with E-state index in [0.717, 1.165) is 38.5 Å². The van der Waals surface area contributed by atoms with Crippen molar-refractivity contribution in [2.45, 2.75) is 76.7 Å². The zero-order valence-corrected chi connectivity index (χ0v) is 10.1. The second-order valence-electron chi connectivity index (χ2n) is 4.77. The van der Waals surface area contributed by atoms with Crippen LogP contribution in [0.5, 0.6) is 0 Å². The summed E-state index contributed by atoms with van der Waals surface area (Å²) in [7, 11) is 0. The smallest absolute Gasteiger partial charge is 0.0594 e. The fourth-order valence-corrected chi connectivity index (χ4v) is 2.14. The van der Waals surface area contributed by atoms with Gasteiger partial charge in [-0.15, -0.1) is 0 Å². The van der Waals surface area contributed by atoms with Gasteiger partial charge in [-0.05, 0) is 38.5 Å². The summed E-state index contributed by atoms with van der Waals surface area (Å²) in [4.78, 5) is 0. The highest BCUT2D eigenvalue weighted by atomic mass is 16.5. The predicted octanol–water partition coefficient (Wildman–Crippen LogP) is 1.79. The topological polar surface area (TPSA) is 61.3 Å². The first-order valence-electron chi connectivity index (χ1n) is 6.32. The third kappa shape index (κ3) is 4.49. The Kier molecular flexibility index (Phi) is 5.58. The van der Waals surface area contributed by atoms with Gasteiger partial charge in [-0.2, -0.15) is 0 Å². The van der Waals surface area contributed by atoms with E-state index in [-0.39, 0.29) is 0 Å². The van der Waals surface area contributed by atoms with E-state index in [1.54, 1.807) is 0 Å². The van der Waals surface area contributed by atoms with E-state index in [0.29, 0.717) is 24.3 Å². The van der Waals surface area contributed by atoms with Crippen molar-refractivity contribution in [3.05, 3.63) is 0 Å². The second-order valence-corrected chi connectivity index (χ2v) is 4.77. The van der Waals surface area contributed by atoms with Crippen LogP contribution in [0.3, 0.4) is 0 Å². The van der Waals surface area contributed by atoms with E-state index in [1.807, 2.05) is 0 Å². The Morgan fingerprint density at radius 1 is 1.00 bits per heavy atom. The number of hydrogen-bond acceptors (Lipinski definition) is 3. The van der Waals surface area contributed by atoms with Gasteiger partial charge in [0.1, 0.15) is 0 Å². The zero-order chi connectivity index (χ0) is 11.3. The molecule has 1 aliphatic rings. The maximum Gasteiger partial charge on any atom is 0.0594 e. The van der Waals surface area contributed by atoms with Crippen molar-refractivity contribution >= 4 is 0 Å². The molecule has 0 aromatic heterocycles. The van der Waals surface area contributed by atoms with E-state index in [1.165, 1.54) is 0 Å². The van der Waals surface area contributed by atoms with E-state index >= 15 is 0 Å². The highest BCUT2D eigenvalue weighted by Gasteiger charge is 2.27. The Bertz CT molecular complexity index is 157. The monoisotopic (exact) mass is 214 g/mol. The van der Waals surface area contributed by atoms with Gasteiger partial charge in [0.2, 0.25) is 0 Å². The molecule has 4 atom stereocenters. The van der Waals surface area contributed by atoms with Gasteiger partial charge in [0.25, 0.3) is 0 Å². The Balaban J connectivity index is 2.20. The highest BCUT2D eigenvalue weighted by Crippen LogP contribution is 2.26. The number of rotatable bonds is 6. The SMILES string of the molecule is CCC(N)C[C@H]1CC[C@@H](CC(N)CC)O1. The van der Waals surface area contributed by atoms with Crippen molar-refractivity contribution in [3.8, 4) is 0 Å².